The molecule has 7 nitrogen and oxygen atoms in total. The number of ether oxygens (including phenoxy) is 2. The van der Waals surface area contributed by atoms with Gasteiger partial charge in [-0.1, -0.05) is 6.07 Å². The second-order valence-electron chi connectivity index (χ2n) is 5.70. The summed E-state index contributed by atoms with van der Waals surface area (Å²) in [6, 6.07) is 5.35. The Morgan fingerprint density at radius 1 is 1.38 bits per heavy atom. The van der Waals surface area contributed by atoms with Crippen LogP contribution < -0.4 is 10.5 Å². The lowest BCUT2D eigenvalue weighted by atomic mass is 10.0. The van der Waals surface area contributed by atoms with Crippen LogP contribution in [0.1, 0.15) is 24.8 Å². The number of alkyl halides is 2. The summed E-state index contributed by atoms with van der Waals surface area (Å²) in [4.78, 5) is 8.67. The third-order valence-electron chi connectivity index (χ3n) is 4.09. The summed E-state index contributed by atoms with van der Waals surface area (Å²) in [5.41, 5.74) is 6.92. The van der Waals surface area contributed by atoms with Gasteiger partial charge in [0.05, 0.1) is 13.7 Å². The molecule has 1 unspecified atom stereocenters. The normalized spacial score (nSPS) is 20.5. The van der Waals surface area contributed by atoms with Gasteiger partial charge in [0, 0.05) is 18.2 Å². The number of halogens is 2. The zero-order valence-corrected chi connectivity index (χ0v) is 12.9. The molecule has 126 valence electrons. The van der Waals surface area contributed by atoms with Crippen LogP contribution >= 0.6 is 0 Å². The first-order valence-electron chi connectivity index (χ1n) is 7.47. The van der Waals surface area contributed by atoms with E-state index in [1.807, 2.05) is 0 Å². The lowest BCUT2D eigenvalue weighted by Crippen LogP contribution is -2.29. The number of aromatic nitrogens is 4. The molecule has 0 saturated carbocycles. The molecule has 0 bridgehead atoms. The van der Waals surface area contributed by atoms with Gasteiger partial charge in [0.2, 0.25) is 5.95 Å². The number of hydrogen-bond donors (Lipinski definition) is 1. The second kappa shape index (κ2) is 5.23. The molecule has 9 heteroatoms. The van der Waals surface area contributed by atoms with Crippen molar-refractivity contribution in [3.8, 4) is 5.75 Å². The zero-order chi connectivity index (χ0) is 16.9. The van der Waals surface area contributed by atoms with E-state index >= 15 is 0 Å². The van der Waals surface area contributed by atoms with Gasteiger partial charge in [0.15, 0.2) is 11.5 Å². The average molecular weight is 335 g/mol. The molecule has 2 N–H and O–H groups in total. The Hall–Kier alpha value is -2.55. The quantitative estimate of drug-likeness (QED) is 0.773. The van der Waals surface area contributed by atoms with E-state index in [2.05, 4.69) is 15.1 Å². The number of rotatable bonds is 2. The fraction of sp³-hybridized carbons (Fsp3) is 0.400. The molecule has 1 aliphatic rings. The minimum Gasteiger partial charge on any atom is -0.494 e. The maximum absolute atomic E-state index is 13.6. The van der Waals surface area contributed by atoms with Crippen LogP contribution in [0.3, 0.4) is 0 Å². The van der Waals surface area contributed by atoms with E-state index in [-0.39, 0.29) is 24.8 Å². The smallest absolute Gasteiger partial charge is 0.253 e. The van der Waals surface area contributed by atoms with Gasteiger partial charge in [-0.25, -0.2) is 18.7 Å². The number of nitrogens with two attached hydrogens (primary N) is 1. The largest absolute Gasteiger partial charge is 0.494 e. The summed E-state index contributed by atoms with van der Waals surface area (Å²) < 4.78 is 39.3. The molecule has 2 aromatic heterocycles. The maximum atomic E-state index is 13.6. The number of anilines is 1. The van der Waals surface area contributed by atoms with Gasteiger partial charge in [-0.05, 0) is 12.1 Å². The molecule has 24 heavy (non-hydrogen) atoms. The summed E-state index contributed by atoms with van der Waals surface area (Å²) in [5, 5.41) is 4.90. The summed E-state index contributed by atoms with van der Waals surface area (Å²) in [7, 11) is 1.53. The van der Waals surface area contributed by atoms with E-state index in [4.69, 9.17) is 15.2 Å². The Morgan fingerprint density at radius 2 is 2.21 bits per heavy atom. The van der Waals surface area contributed by atoms with Crippen LogP contribution in [0, 0.1) is 0 Å². The summed E-state index contributed by atoms with van der Waals surface area (Å²) in [6.07, 6.45) is -1.60. The molecular formula is C15H15F2N5O2. The number of nitrogens with zero attached hydrogens (tertiary/aromatic N) is 4. The average Bonchev–Trinajstić information content (AvgIpc) is 3.00. The molecule has 1 aliphatic heterocycles. The molecule has 0 amide bonds. The lowest BCUT2D eigenvalue weighted by molar-refractivity contribution is -0.131. The molecule has 0 radical (unpaired) electrons. The molecule has 4 rings (SSSR count). The van der Waals surface area contributed by atoms with Gasteiger partial charge in [-0.15, -0.1) is 5.10 Å². The van der Waals surface area contributed by atoms with Gasteiger partial charge in [0.25, 0.3) is 5.92 Å². The molecule has 1 saturated heterocycles. The van der Waals surface area contributed by atoms with Crippen LogP contribution in [0.5, 0.6) is 5.75 Å². The minimum atomic E-state index is -2.78. The van der Waals surface area contributed by atoms with E-state index < -0.39 is 18.4 Å². The second-order valence-corrected chi connectivity index (χ2v) is 5.70. The van der Waals surface area contributed by atoms with E-state index in [1.165, 1.54) is 11.6 Å². The van der Waals surface area contributed by atoms with E-state index in [0.29, 0.717) is 22.3 Å². The summed E-state index contributed by atoms with van der Waals surface area (Å²) in [6.45, 7) is -0.0322. The molecule has 1 fully saturated rings. The summed E-state index contributed by atoms with van der Waals surface area (Å²) >= 11 is 0. The number of methoxy groups -OCH3 is 1. The third-order valence-corrected chi connectivity index (χ3v) is 4.09. The van der Waals surface area contributed by atoms with Crippen LogP contribution in [0.4, 0.5) is 14.7 Å². The SMILES string of the molecule is COc1cccc2c1nc(N)n1nc(C3CC(F)(F)CCO3)nc21. The standard InChI is InChI=1S/C15H15F2N5O2/c1-23-9-4-2-3-8-11(9)19-14(18)22-13(8)20-12(21-22)10-7-15(16,17)5-6-24-10/h2-4,10H,5-7H2,1H3,(H2,18,19). The van der Waals surface area contributed by atoms with Crippen molar-refractivity contribution in [2.75, 3.05) is 19.5 Å². The van der Waals surface area contributed by atoms with Crippen molar-refractivity contribution in [3.05, 3.63) is 24.0 Å². The van der Waals surface area contributed by atoms with Gasteiger partial charge >= 0.3 is 0 Å². The molecule has 3 heterocycles. The molecule has 1 aromatic carbocycles. The van der Waals surface area contributed by atoms with Crippen LogP contribution in [0.2, 0.25) is 0 Å². The highest BCUT2D eigenvalue weighted by Crippen LogP contribution is 2.37. The molecule has 0 aliphatic carbocycles. The van der Waals surface area contributed by atoms with Gasteiger partial charge in [-0.3, -0.25) is 0 Å². The molecule has 3 aromatic rings. The Morgan fingerprint density at radius 3 is 2.96 bits per heavy atom. The molecule has 1 atom stereocenters. The Balaban J connectivity index is 1.89. The van der Waals surface area contributed by atoms with Crippen molar-refractivity contribution in [2.24, 2.45) is 0 Å². The van der Waals surface area contributed by atoms with Crippen molar-refractivity contribution in [1.29, 1.82) is 0 Å². The van der Waals surface area contributed by atoms with E-state index in [1.54, 1.807) is 18.2 Å². The first-order chi connectivity index (χ1) is 11.5. The van der Waals surface area contributed by atoms with Crippen LogP contribution in [0.15, 0.2) is 18.2 Å². The number of hydrogen-bond acceptors (Lipinski definition) is 6. The number of benzene rings is 1. The number of nitrogen functional groups attached to an aromatic ring is 1. The van der Waals surface area contributed by atoms with Crippen molar-refractivity contribution in [1.82, 2.24) is 19.6 Å². The van der Waals surface area contributed by atoms with Crippen molar-refractivity contribution >= 4 is 22.5 Å². The molecule has 0 spiro atoms. The van der Waals surface area contributed by atoms with Gasteiger partial charge in [-0.2, -0.15) is 4.52 Å². The first-order valence-corrected chi connectivity index (χ1v) is 7.47. The predicted octanol–water partition coefficient (Wildman–Crippen LogP) is 2.36. The van der Waals surface area contributed by atoms with Crippen molar-refractivity contribution in [3.63, 3.8) is 0 Å². The van der Waals surface area contributed by atoms with E-state index in [0.717, 1.165) is 0 Å². The van der Waals surface area contributed by atoms with Crippen LogP contribution in [-0.4, -0.2) is 39.2 Å². The highest BCUT2D eigenvalue weighted by molar-refractivity contribution is 5.95. The highest BCUT2D eigenvalue weighted by atomic mass is 19.3. The van der Waals surface area contributed by atoms with Gasteiger partial charge < -0.3 is 15.2 Å². The first kappa shape index (κ1) is 15.0. The van der Waals surface area contributed by atoms with Crippen molar-refractivity contribution in [2.45, 2.75) is 24.9 Å². The maximum Gasteiger partial charge on any atom is 0.253 e. The Labute approximate surface area is 135 Å². The van der Waals surface area contributed by atoms with Crippen LogP contribution in [-0.2, 0) is 4.74 Å². The fourth-order valence-electron chi connectivity index (χ4n) is 2.89. The fourth-order valence-corrected chi connectivity index (χ4v) is 2.89. The minimum absolute atomic E-state index is 0.0322. The van der Waals surface area contributed by atoms with Crippen molar-refractivity contribution < 1.29 is 18.3 Å². The Bertz CT molecular complexity index is 927. The third kappa shape index (κ3) is 2.32. The highest BCUT2D eigenvalue weighted by Gasteiger charge is 2.39. The van der Waals surface area contributed by atoms with Crippen LogP contribution in [0.25, 0.3) is 16.6 Å². The topological polar surface area (TPSA) is 87.6 Å². The zero-order valence-electron chi connectivity index (χ0n) is 12.9. The number of fused-ring (bicyclic) bond motifs is 3. The lowest BCUT2D eigenvalue weighted by Gasteiger charge is -2.27. The predicted molar refractivity (Wildman–Crippen MR) is 82.1 cm³/mol. The number of para-hydroxylation sites is 1. The Kier molecular flexibility index (Phi) is 3.27. The monoisotopic (exact) mass is 335 g/mol. The summed E-state index contributed by atoms with van der Waals surface area (Å²) in [5.74, 6) is -1.96. The van der Waals surface area contributed by atoms with Gasteiger partial charge in [0.1, 0.15) is 17.4 Å². The molecular weight excluding hydrogens is 320 g/mol. The van der Waals surface area contributed by atoms with E-state index in [9.17, 15) is 8.78 Å².